The van der Waals surface area contributed by atoms with Gasteiger partial charge in [-0.3, -0.25) is 24.6 Å². The molecule has 0 aliphatic carbocycles. The third-order valence-electron chi connectivity index (χ3n) is 13.2. The summed E-state index contributed by atoms with van der Waals surface area (Å²) in [6, 6.07) is 19.0. The Kier molecular flexibility index (Phi) is 14.5. The van der Waals surface area contributed by atoms with Crippen LogP contribution in [0.3, 0.4) is 0 Å². The van der Waals surface area contributed by atoms with Crippen LogP contribution in [0, 0.1) is 11.8 Å². The Balaban J connectivity index is 0.748. The number of nitrogens with one attached hydrogen (secondary N) is 3. The van der Waals surface area contributed by atoms with E-state index in [1.54, 1.807) is 13.1 Å². The Bertz CT molecular complexity index is 2320. The lowest BCUT2D eigenvalue weighted by atomic mass is 9.90. The highest BCUT2D eigenvalue weighted by atomic mass is 35.5. The minimum Gasteiger partial charge on any atom is -0.495 e. The van der Waals surface area contributed by atoms with Crippen LogP contribution in [-0.4, -0.2) is 124 Å². The van der Waals surface area contributed by atoms with Crippen LogP contribution in [0.25, 0.3) is 0 Å². The zero-order valence-corrected chi connectivity index (χ0v) is 38.5. The van der Waals surface area contributed by atoms with E-state index in [0.29, 0.717) is 60.9 Å². The summed E-state index contributed by atoms with van der Waals surface area (Å²) in [5, 5.41) is 8.75. The number of hydrogen-bond acceptors (Lipinski definition) is 12. The van der Waals surface area contributed by atoms with Crippen molar-refractivity contribution in [3.05, 3.63) is 82.6 Å². The third kappa shape index (κ3) is 10.7. The second kappa shape index (κ2) is 20.6. The van der Waals surface area contributed by atoms with Gasteiger partial charge in [0.05, 0.1) is 25.8 Å². The van der Waals surface area contributed by atoms with Crippen LogP contribution in [0.1, 0.15) is 50.0 Å². The van der Waals surface area contributed by atoms with Gasteiger partial charge in [0.2, 0.25) is 17.7 Å². The number of nitrogens with zero attached hydrogens (tertiary/aromatic N) is 7. The number of urea groups is 1. The third-order valence-corrected chi connectivity index (χ3v) is 13.9. The Morgan fingerprint density at radius 1 is 0.785 bits per heavy atom. The van der Waals surface area contributed by atoms with Crippen molar-refractivity contribution < 1.29 is 28.7 Å². The predicted octanol–water partition coefficient (Wildman–Crippen LogP) is 7.01. The molecule has 4 saturated heterocycles. The molecule has 4 aliphatic rings. The summed E-state index contributed by atoms with van der Waals surface area (Å²) in [6.45, 7) is 7.96. The van der Waals surface area contributed by atoms with Gasteiger partial charge >= 0.3 is 6.03 Å². The van der Waals surface area contributed by atoms with Gasteiger partial charge in [-0.05, 0) is 93.1 Å². The highest BCUT2D eigenvalue weighted by Gasteiger charge is 2.33. The van der Waals surface area contributed by atoms with Gasteiger partial charge in [-0.25, -0.2) is 14.8 Å². The number of ether oxygens (including phenoxy) is 2. The maximum Gasteiger partial charge on any atom is 0.327 e. The number of halogens is 2. The molecule has 18 heteroatoms. The summed E-state index contributed by atoms with van der Waals surface area (Å²) in [6.07, 6.45) is 6.41. The van der Waals surface area contributed by atoms with E-state index in [9.17, 15) is 19.2 Å². The number of benzene rings is 3. The molecule has 0 unspecified atom stereocenters. The van der Waals surface area contributed by atoms with Gasteiger partial charge in [-0.15, -0.1) is 0 Å². The van der Waals surface area contributed by atoms with E-state index in [0.717, 1.165) is 88.4 Å². The minimum atomic E-state index is -0.541. The molecule has 16 nitrogen and oxygen atoms in total. The Hall–Kier alpha value is -5.84. The average molecular weight is 928 g/mol. The zero-order valence-electron chi connectivity index (χ0n) is 37.0. The Labute approximate surface area is 389 Å². The van der Waals surface area contributed by atoms with Crippen molar-refractivity contribution in [3.63, 3.8) is 0 Å². The van der Waals surface area contributed by atoms with E-state index in [2.05, 4.69) is 69.8 Å². The molecule has 1 atom stereocenters. The molecule has 3 N–H and O–H groups in total. The van der Waals surface area contributed by atoms with Crippen LogP contribution in [0.4, 0.5) is 39.2 Å². The van der Waals surface area contributed by atoms with Gasteiger partial charge in [-0.2, -0.15) is 0 Å². The first-order valence-electron chi connectivity index (χ1n) is 22.3. The van der Waals surface area contributed by atoms with E-state index >= 15 is 0 Å². The number of piperidine rings is 3. The summed E-state index contributed by atoms with van der Waals surface area (Å²) >= 11 is 12.9. The van der Waals surface area contributed by atoms with Gasteiger partial charge in [0.15, 0.2) is 0 Å². The zero-order chi connectivity index (χ0) is 45.6. The lowest BCUT2D eigenvalue weighted by Gasteiger charge is -2.40. The molecule has 4 aliphatic heterocycles. The fourth-order valence-electron chi connectivity index (χ4n) is 9.27. The number of carbonyl (C=O) groups is 4. The standard InChI is InChI=1S/C47H56Cl2N10O6/c1-55(47(63)54-44-42(48)37(64-2)26-38(65-3)43(44)49)40-27-39(50-29-51-40)52-33-6-10-35(11-7-33)58-22-24-59(25-23-58)46(62)32-16-18-56(19-17-32)28-30-14-20-57(21-15-30)34-8-4-31(5-9-34)36-12-13-41(60)53-45(36)61/h4-11,26-27,29-30,32,36H,12-25,28H2,1-3H3,(H,54,63)(H,50,51,52)(H,53,60,61)/t36-/m0/s1. The molecule has 3 aromatic carbocycles. The minimum absolute atomic E-state index is 0.0821. The molecular formula is C47H56Cl2N10O6. The molecule has 5 amide bonds. The molecule has 0 spiro atoms. The van der Waals surface area contributed by atoms with Crippen molar-refractivity contribution in [2.75, 3.05) is 106 Å². The largest absolute Gasteiger partial charge is 0.495 e. The number of likely N-dealkylation sites (tertiary alicyclic amines) is 1. The van der Waals surface area contributed by atoms with Crippen molar-refractivity contribution in [1.29, 1.82) is 0 Å². The molecule has 344 valence electrons. The number of aromatic nitrogens is 2. The van der Waals surface area contributed by atoms with Crippen molar-refractivity contribution in [1.82, 2.24) is 25.1 Å². The maximum atomic E-state index is 13.7. The fraction of sp³-hybridized carbons (Fsp3) is 0.447. The summed E-state index contributed by atoms with van der Waals surface area (Å²) < 4.78 is 10.6. The molecule has 0 radical (unpaired) electrons. The van der Waals surface area contributed by atoms with Crippen LogP contribution in [0.2, 0.25) is 10.0 Å². The number of carbonyl (C=O) groups excluding carboxylic acids is 4. The second-order valence-corrected chi connectivity index (χ2v) is 17.9. The highest BCUT2D eigenvalue weighted by Crippen LogP contribution is 2.44. The predicted molar refractivity (Wildman–Crippen MR) is 253 cm³/mol. The average Bonchev–Trinajstić information content (AvgIpc) is 3.33. The Morgan fingerprint density at radius 2 is 1.40 bits per heavy atom. The van der Waals surface area contributed by atoms with Crippen LogP contribution < -0.4 is 40.1 Å². The second-order valence-electron chi connectivity index (χ2n) is 17.1. The summed E-state index contributed by atoms with van der Waals surface area (Å²) in [7, 11) is 4.48. The molecule has 1 aromatic heterocycles. The molecular weight excluding hydrogens is 871 g/mol. The summed E-state index contributed by atoms with van der Waals surface area (Å²) in [4.78, 5) is 70.1. The molecule has 5 heterocycles. The van der Waals surface area contributed by atoms with Crippen LogP contribution in [0.15, 0.2) is 67.0 Å². The number of anilines is 6. The molecule has 0 saturated carbocycles. The summed E-state index contributed by atoms with van der Waals surface area (Å²) in [5.41, 5.74) is 4.19. The lowest BCUT2D eigenvalue weighted by molar-refractivity contribution is -0.137. The van der Waals surface area contributed by atoms with E-state index in [1.165, 1.54) is 37.2 Å². The number of amides is 5. The number of hydrogen-bond donors (Lipinski definition) is 3. The fourth-order valence-corrected chi connectivity index (χ4v) is 9.86. The van der Waals surface area contributed by atoms with Crippen LogP contribution in [0.5, 0.6) is 11.5 Å². The Morgan fingerprint density at radius 3 is 2.02 bits per heavy atom. The van der Waals surface area contributed by atoms with E-state index < -0.39 is 6.03 Å². The van der Waals surface area contributed by atoms with Gasteiger partial charge in [0.1, 0.15) is 39.5 Å². The number of imide groups is 1. The van der Waals surface area contributed by atoms with Crippen molar-refractivity contribution in [3.8, 4) is 11.5 Å². The van der Waals surface area contributed by atoms with E-state index in [-0.39, 0.29) is 39.4 Å². The van der Waals surface area contributed by atoms with Crippen molar-refractivity contribution in [2.24, 2.45) is 11.8 Å². The first-order valence-corrected chi connectivity index (χ1v) is 23.0. The van der Waals surface area contributed by atoms with E-state index in [1.807, 2.05) is 24.3 Å². The van der Waals surface area contributed by atoms with Crippen LogP contribution >= 0.6 is 23.2 Å². The first-order chi connectivity index (χ1) is 31.5. The number of rotatable bonds is 12. The van der Waals surface area contributed by atoms with Gasteiger partial charge < -0.3 is 39.7 Å². The smallest absolute Gasteiger partial charge is 0.327 e. The van der Waals surface area contributed by atoms with Gasteiger partial charge in [0, 0.05) is 94.4 Å². The number of piperazine rings is 1. The first kappa shape index (κ1) is 45.7. The van der Waals surface area contributed by atoms with E-state index in [4.69, 9.17) is 32.7 Å². The topological polar surface area (TPSA) is 165 Å². The van der Waals surface area contributed by atoms with Gasteiger partial charge in [-0.1, -0.05) is 35.3 Å². The molecule has 4 fully saturated rings. The molecule has 4 aromatic rings. The normalized spacial score (nSPS) is 18.8. The van der Waals surface area contributed by atoms with Crippen molar-refractivity contribution in [2.45, 2.75) is 44.4 Å². The lowest BCUT2D eigenvalue weighted by Crippen LogP contribution is -2.52. The summed E-state index contributed by atoms with van der Waals surface area (Å²) in [5.74, 6) is 1.79. The number of methoxy groups -OCH3 is 2. The maximum absolute atomic E-state index is 13.7. The molecule has 8 rings (SSSR count). The van der Waals surface area contributed by atoms with Crippen LogP contribution in [-0.2, 0) is 14.4 Å². The highest BCUT2D eigenvalue weighted by molar-refractivity contribution is 6.41. The molecule has 0 bridgehead atoms. The molecule has 65 heavy (non-hydrogen) atoms. The monoisotopic (exact) mass is 926 g/mol. The quantitative estimate of drug-likeness (QED) is 0.125. The SMILES string of the molecule is COc1cc(OC)c(Cl)c(NC(=O)N(C)c2cc(Nc3ccc(N4CCN(C(=O)C5CCN(CC6CCN(c7ccc([C@@H]8CCC(=O)NC8=O)cc7)CC6)CC5)CC4)cc3)ncn2)c1Cl. The van der Waals surface area contributed by atoms with Gasteiger partial charge in [0.25, 0.3) is 0 Å². The van der Waals surface area contributed by atoms with Crippen molar-refractivity contribution >= 4 is 81.3 Å².